The maximum absolute atomic E-state index is 12.7. The number of carboxylic acids is 1. The van der Waals surface area contributed by atoms with Gasteiger partial charge in [-0.2, -0.15) is 0 Å². The molecule has 0 aromatic heterocycles. The minimum atomic E-state index is -0.691. The van der Waals surface area contributed by atoms with Gasteiger partial charge in [0.15, 0.2) is 0 Å². The third-order valence-corrected chi connectivity index (χ3v) is 3.54. The molecular formula is C14H18FNO2. The zero-order valence-corrected chi connectivity index (χ0v) is 10.2. The molecule has 2 unspecified atom stereocenters. The van der Waals surface area contributed by atoms with Crippen molar-refractivity contribution in [2.75, 3.05) is 6.54 Å². The first-order valence-electron chi connectivity index (χ1n) is 6.36. The maximum Gasteiger partial charge on any atom is 0.306 e. The third-order valence-electron chi connectivity index (χ3n) is 3.54. The van der Waals surface area contributed by atoms with Gasteiger partial charge in [-0.25, -0.2) is 4.39 Å². The predicted octanol–water partition coefficient (Wildman–Crippen LogP) is 2.21. The van der Waals surface area contributed by atoms with Crippen LogP contribution in [0.15, 0.2) is 24.3 Å². The zero-order chi connectivity index (χ0) is 13.0. The number of hydrogen-bond acceptors (Lipinski definition) is 2. The summed E-state index contributed by atoms with van der Waals surface area (Å²) >= 11 is 0. The first-order chi connectivity index (χ1) is 8.65. The summed E-state index contributed by atoms with van der Waals surface area (Å²) in [6.45, 7) is 0.769. The fourth-order valence-electron chi connectivity index (χ4n) is 2.44. The number of piperidine rings is 1. The quantitative estimate of drug-likeness (QED) is 0.862. The maximum atomic E-state index is 12.7. The number of carboxylic acid groups (broad SMARTS) is 1. The van der Waals surface area contributed by atoms with Gasteiger partial charge in [-0.05, 0) is 49.9 Å². The van der Waals surface area contributed by atoms with E-state index < -0.39 is 5.97 Å². The zero-order valence-electron chi connectivity index (χ0n) is 10.2. The van der Waals surface area contributed by atoms with E-state index in [1.807, 2.05) is 0 Å². The second kappa shape index (κ2) is 5.96. The van der Waals surface area contributed by atoms with Gasteiger partial charge < -0.3 is 10.4 Å². The van der Waals surface area contributed by atoms with E-state index in [1.165, 1.54) is 12.1 Å². The van der Waals surface area contributed by atoms with Crippen LogP contribution in [0.1, 0.15) is 24.8 Å². The monoisotopic (exact) mass is 251 g/mol. The molecule has 3 nitrogen and oxygen atoms in total. The van der Waals surface area contributed by atoms with Crippen LogP contribution in [0.4, 0.5) is 4.39 Å². The Morgan fingerprint density at radius 2 is 2.11 bits per heavy atom. The van der Waals surface area contributed by atoms with Crippen molar-refractivity contribution in [3.05, 3.63) is 35.6 Å². The molecule has 0 spiro atoms. The number of aliphatic carboxylic acids is 1. The van der Waals surface area contributed by atoms with E-state index in [0.29, 0.717) is 12.8 Å². The van der Waals surface area contributed by atoms with Crippen molar-refractivity contribution in [2.24, 2.45) is 5.92 Å². The SMILES string of the molecule is O=C(O)C1CCNC(CCc2ccc(F)cc2)C1. The summed E-state index contributed by atoms with van der Waals surface area (Å²) in [6.07, 6.45) is 3.15. The normalized spacial score (nSPS) is 23.8. The van der Waals surface area contributed by atoms with Gasteiger partial charge in [0, 0.05) is 6.04 Å². The smallest absolute Gasteiger partial charge is 0.306 e. The summed E-state index contributed by atoms with van der Waals surface area (Å²) in [7, 11) is 0. The molecule has 0 amide bonds. The lowest BCUT2D eigenvalue weighted by atomic mass is 9.89. The van der Waals surface area contributed by atoms with Crippen LogP contribution < -0.4 is 5.32 Å². The van der Waals surface area contributed by atoms with E-state index in [2.05, 4.69) is 5.32 Å². The van der Waals surface area contributed by atoms with Gasteiger partial charge in [0.2, 0.25) is 0 Å². The van der Waals surface area contributed by atoms with Crippen molar-refractivity contribution in [1.82, 2.24) is 5.32 Å². The van der Waals surface area contributed by atoms with E-state index in [9.17, 15) is 9.18 Å². The number of halogens is 1. The topological polar surface area (TPSA) is 49.3 Å². The van der Waals surface area contributed by atoms with Gasteiger partial charge in [0.1, 0.15) is 5.82 Å². The van der Waals surface area contributed by atoms with Crippen molar-refractivity contribution >= 4 is 5.97 Å². The Morgan fingerprint density at radius 3 is 2.78 bits per heavy atom. The van der Waals surface area contributed by atoms with Crippen molar-refractivity contribution in [3.63, 3.8) is 0 Å². The Morgan fingerprint density at radius 1 is 1.39 bits per heavy atom. The highest BCUT2D eigenvalue weighted by atomic mass is 19.1. The van der Waals surface area contributed by atoms with E-state index >= 15 is 0 Å². The second-order valence-electron chi connectivity index (χ2n) is 4.88. The van der Waals surface area contributed by atoms with Crippen molar-refractivity contribution in [3.8, 4) is 0 Å². The average Bonchev–Trinajstić information content (AvgIpc) is 2.38. The van der Waals surface area contributed by atoms with Gasteiger partial charge in [-0.3, -0.25) is 4.79 Å². The number of nitrogens with one attached hydrogen (secondary N) is 1. The molecule has 1 aliphatic heterocycles. The van der Waals surface area contributed by atoms with Crippen LogP contribution in [-0.2, 0) is 11.2 Å². The van der Waals surface area contributed by atoms with E-state index in [1.54, 1.807) is 12.1 Å². The molecule has 98 valence electrons. The number of carbonyl (C=O) groups is 1. The molecule has 0 saturated carbocycles. The Labute approximate surface area is 106 Å². The summed E-state index contributed by atoms with van der Waals surface area (Å²) in [5, 5.41) is 12.4. The summed E-state index contributed by atoms with van der Waals surface area (Å²) in [5.74, 6) is -1.13. The Kier molecular flexibility index (Phi) is 4.31. The van der Waals surface area contributed by atoms with Crippen molar-refractivity contribution in [1.29, 1.82) is 0 Å². The molecule has 2 N–H and O–H groups in total. The summed E-state index contributed by atoms with van der Waals surface area (Å²) in [4.78, 5) is 10.9. The lowest BCUT2D eigenvalue weighted by molar-refractivity contribution is -0.143. The summed E-state index contributed by atoms with van der Waals surface area (Å²) in [6, 6.07) is 6.75. The highest BCUT2D eigenvalue weighted by Gasteiger charge is 2.26. The van der Waals surface area contributed by atoms with Crippen LogP contribution in [0.3, 0.4) is 0 Å². The van der Waals surface area contributed by atoms with Gasteiger partial charge in [0.05, 0.1) is 5.92 Å². The molecule has 2 atom stereocenters. The molecule has 0 bridgehead atoms. The predicted molar refractivity (Wildman–Crippen MR) is 66.9 cm³/mol. The third kappa shape index (κ3) is 3.53. The Bertz CT molecular complexity index is 405. The van der Waals surface area contributed by atoms with Crippen LogP contribution in [-0.4, -0.2) is 23.7 Å². The molecule has 18 heavy (non-hydrogen) atoms. The molecule has 2 rings (SSSR count). The molecule has 1 aromatic rings. The Hall–Kier alpha value is -1.42. The van der Waals surface area contributed by atoms with Crippen molar-refractivity contribution < 1.29 is 14.3 Å². The summed E-state index contributed by atoms with van der Waals surface area (Å²) in [5.41, 5.74) is 1.09. The fraction of sp³-hybridized carbons (Fsp3) is 0.500. The van der Waals surface area contributed by atoms with Crippen LogP contribution in [0.25, 0.3) is 0 Å². The molecule has 1 saturated heterocycles. The van der Waals surface area contributed by atoms with E-state index in [0.717, 1.165) is 24.9 Å². The number of aryl methyl sites for hydroxylation is 1. The second-order valence-corrected chi connectivity index (χ2v) is 4.88. The molecule has 0 radical (unpaired) electrons. The first-order valence-corrected chi connectivity index (χ1v) is 6.36. The lowest BCUT2D eigenvalue weighted by Crippen LogP contribution is -2.40. The largest absolute Gasteiger partial charge is 0.481 e. The molecular weight excluding hydrogens is 233 g/mol. The lowest BCUT2D eigenvalue weighted by Gasteiger charge is -2.28. The number of rotatable bonds is 4. The van der Waals surface area contributed by atoms with Gasteiger partial charge >= 0.3 is 5.97 Å². The van der Waals surface area contributed by atoms with Gasteiger partial charge in [0.25, 0.3) is 0 Å². The van der Waals surface area contributed by atoms with Crippen molar-refractivity contribution in [2.45, 2.75) is 31.7 Å². The highest BCUT2D eigenvalue weighted by Crippen LogP contribution is 2.19. The van der Waals surface area contributed by atoms with Crippen LogP contribution in [0.2, 0.25) is 0 Å². The standard InChI is InChI=1S/C14H18FNO2/c15-12-4-1-10(2-5-12)3-6-13-9-11(14(17)18)7-8-16-13/h1-2,4-5,11,13,16H,3,6-9H2,(H,17,18). The number of hydrogen-bond donors (Lipinski definition) is 2. The van der Waals surface area contributed by atoms with E-state index in [-0.39, 0.29) is 17.8 Å². The Balaban J connectivity index is 1.82. The molecule has 1 aliphatic rings. The van der Waals surface area contributed by atoms with Gasteiger partial charge in [-0.15, -0.1) is 0 Å². The van der Waals surface area contributed by atoms with Crippen LogP contribution in [0.5, 0.6) is 0 Å². The number of benzene rings is 1. The van der Waals surface area contributed by atoms with E-state index in [4.69, 9.17) is 5.11 Å². The van der Waals surface area contributed by atoms with Gasteiger partial charge in [-0.1, -0.05) is 12.1 Å². The molecule has 4 heteroatoms. The van der Waals surface area contributed by atoms with Crippen LogP contribution in [0, 0.1) is 11.7 Å². The first kappa shape index (κ1) is 13.0. The molecule has 1 aromatic carbocycles. The summed E-state index contributed by atoms with van der Waals surface area (Å²) < 4.78 is 12.7. The molecule has 0 aliphatic carbocycles. The minimum absolute atomic E-state index is 0.218. The highest BCUT2D eigenvalue weighted by molar-refractivity contribution is 5.70. The minimum Gasteiger partial charge on any atom is -0.481 e. The molecule has 1 fully saturated rings. The molecule has 1 heterocycles. The average molecular weight is 251 g/mol. The van der Waals surface area contributed by atoms with Crippen LogP contribution >= 0.6 is 0 Å². The fourth-order valence-corrected chi connectivity index (χ4v) is 2.44.